The predicted molar refractivity (Wildman–Crippen MR) is 48.8 cm³/mol. The van der Waals surface area contributed by atoms with E-state index in [1.54, 1.807) is 0 Å². The van der Waals surface area contributed by atoms with Crippen LogP contribution in [0.2, 0.25) is 5.15 Å². The van der Waals surface area contributed by atoms with Gasteiger partial charge in [-0.1, -0.05) is 11.6 Å². The van der Waals surface area contributed by atoms with Crippen LogP contribution >= 0.6 is 11.6 Å². The van der Waals surface area contributed by atoms with Crippen molar-refractivity contribution >= 4 is 17.4 Å². The molecule has 0 spiro atoms. The highest BCUT2D eigenvalue weighted by molar-refractivity contribution is 6.30. The Morgan fingerprint density at radius 1 is 1.23 bits per heavy atom. The maximum atomic E-state index is 11.2. The van der Waals surface area contributed by atoms with Gasteiger partial charge >= 0.3 is 0 Å². The third-order valence-electron chi connectivity index (χ3n) is 2.37. The second-order valence-electron chi connectivity index (χ2n) is 3.25. The quantitative estimate of drug-likeness (QED) is 0.632. The maximum Gasteiger partial charge on any atom is 0.155 e. The molecule has 1 aliphatic rings. The van der Waals surface area contributed by atoms with Crippen molar-refractivity contribution in [2.24, 2.45) is 0 Å². The van der Waals surface area contributed by atoms with Crippen LogP contribution in [0.1, 0.15) is 23.2 Å². The fraction of sp³-hybridized carbons (Fsp3) is 0.444. The Bertz CT molecular complexity index is 376. The highest BCUT2D eigenvalue weighted by atomic mass is 35.5. The number of aromatic nitrogens is 2. The van der Waals surface area contributed by atoms with E-state index in [1.165, 1.54) is 0 Å². The van der Waals surface area contributed by atoms with Crippen LogP contribution in [0.3, 0.4) is 0 Å². The molecule has 1 aromatic heterocycles. The molecule has 1 aromatic rings. The minimum absolute atomic E-state index is 0.238. The van der Waals surface area contributed by atoms with Gasteiger partial charge in [0.15, 0.2) is 5.15 Å². The van der Waals surface area contributed by atoms with Crippen molar-refractivity contribution in [2.75, 3.05) is 0 Å². The molecular formula is C9H9ClN2O. The van der Waals surface area contributed by atoms with Crippen LogP contribution in [-0.2, 0) is 17.6 Å². The van der Waals surface area contributed by atoms with Gasteiger partial charge in [-0.15, -0.1) is 5.10 Å². The van der Waals surface area contributed by atoms with Crippen LogP contribution < -0.4 is 0 Å². The van der Waals surface area contributed by atoms with Crippen molar-refractivity contribution in [1.29, 1.82) is 0 Å². The summed E-state index contributed by atoms with van der Waals surface area (Å²) < 4.78 is 0. The summed E-state index contributed by atoms with van der Waals surface area (Å²) in [5, 5.41) is 8.10. The number of ketones is 1. The molecule has 3 nitrogen and oxygen atoms in total. The first-order valence-corrected chi connectivity index (χ1v) is 4.58. The molecule has 13 heavy (non-hydrogen) atoms. The van der Waals surface area contributed by atoms with Gasteiger partial charge in [-0.25, -0.2) is 0 Å². The van der Waals surface area contributed by atoms with Gasteiger partial charge < -0.3 is 0 Å². The van der Waals surface area contributed by atoms with Gasteiger partial charge in [-0.2, -0.15) is 5.10 Å². The zero-order valence-corrected chi connectivity index (χ0v) is 8.06. The summed E-state index contributed by atoms with van der Waals surface area (Å²) in [4.78, 5) is 11.2. The molecule has 0 aromatic carbocycles. The lowest BCUT2D eigenvalue weighted by atomic mass is 9.91. The van der Waals surface area contributed by atoms with Crippen LogP contribution in [0.25, 0.3) is 0 Å². The molecular weight excluding hydrogens is 188 g/mol. The number of Topliss-reactive ketones (excluding diaryl/α,β-unsaturated/α-hetero) is 1. The van der Waals surface area contributed by atoms with E-state index in [0.717, 1.165) is 23.2 Å². The number of hydrogen-bond acceptors (Lipinski definition) is 3. The molecule has 0 fully saturated rings. The Labute approximate surface area is 81.1 Å². The van der Waals surface area contributed by atoms with Gasteiger partial charge in [0.05, 0.1) is 5.69 Å². The van der Waals surface area contributed by atoms with E-state index in [2.05, 4.69) is 10.2 Å². The van der Waals surface area contributed by atoms with E-state index >= 15 is 0 Å². The van der Waals surface area contributed by atoms with E-state index in [4.69, 9.17) is 11.6 Å². The molecule has 68 valence electrons. The van der Waals surface area contributed by atoms with Gasteiger partial charge in [0.25, 0.3) is 0 Å². The van der Waals surface area contributed by atoms with E-state index in [1.807, 2.05) is 6.92 Å². The molecule has 0 bridgehead atoms. The Morgan fingerprint density at radius 2 is 2.00 bits per heavy atom. The number of carbonyl (C=O) groups excluding carboxylic acids is 1. The van der Waals surface area contributed by atoms with Crippen molar-refractivity contribution in [3.05, 3.63) is 22.0 Å². The summed E-state index contributed by atoms with van der Waals surface area (Å²) in [5.74, 6) is 0.238. The van der Waals surface area contributed by atoms with Crippen molar-refractivity contribution in [2.45, 2.75) is 26.2 Å². The highest BCUT2D eigenvalue weighted by Crippen LogP contribution is 2.25. The Hall–Kier alpha value is -0.960. The van der Waals surface area contributed by atoms with Gasteiger partial charge in [0, 0.05) is 18.4 Å². The summed E-state index contributed by atoms with van der Waals surface area (Å²) in [6, 6.07) is 0. The maximum absolute atomic E-state index is 11.2. The average molecular weight is 197 g/mol. The first-order valence-electron chi connectivity index (χ1n) is 4.20. The molecule has 0 amide bonds. The third-order valence-corrected chi connectivity index (χ3v) is 2.67. The van der Waals surface area contributed by atoms with Crippen molar-refractivity contribution < 1.29 is 4.79 Å². The average Bonchev–Trinajstić information content (AvgIpc) is 2.12. The summed E-state index contributed by atoms with van der Waals surface area (Å²) >= 11 is 5.85. The topological polar surface area (TPSA) is 42.9 Å². The van der Waals surface area contributed by atoms with Crippen molar-refractivity contribution in [3.8, 4) is 0 Å². The Kier molecular flexibility index (Phi) is 2.04. The minimum atomic E-state index is 0.238. The smallest absolute Gasteiger partial charge is 0.155 e. The zero-order chi connectivity index (χ0) is 9.42. The minimum Gasteiger partial charge on any atom is -0.299 e. The predicted octanol–water partition coefficient (Wildman–Crippen LogP) is 1.50. The molecule has 0 radical (unpaired) electrons. The van der Waals surface area contributed by atoms with Crippen molar-refractivity contribution in [3.63, 3.8) is 0 Å². The van der Waals surface area contributed by atoms with Crippen LogP contribution in [0.15, 0.2) is 0 Å². The number of hydrogen-bond donors (Lipinski definition) is 0. The molecule has 0 atom stereocenters. The van der Waals surface area contributed by atoms with Crippen LogP contribution in [-0.4, -0.2) is 16.0 Å². The molecule has 0 unspecified atom stereocenters. The fourth-order valence-corrected chi connectivity index (χ4v) is 1.86. The number of carbonyl (C=O) groups is 1. The number of nitrogens with zero attached hydrogens (tertiary/aromatic N) is 2. The Morgan fingerprint density at radius 3 is 2.77 bits per heavy atom. The normalized spacial score (nSPS) is 15.7. The summed E-state index contributed by atoms with van der Waals surface area (Å²) in [5.41, 5.74) is 2.89. The first-order chi connectivity index (χ1) is 6.18. The molecule has 0 aliphatic heterocycles. The number of halogens is 1. The van der Waals surface area contributed by atoms with Gasteiger partial charge in [0.1, 0.15) is 5.78 Å². The lowest BCUT2D eigenvalue weighted by Gasteiger charge is -2.16. The lowest BCUT2D eigenvalue weighted by molar-refractivity contribution is -0.118. The van der Waals surface area contributed by atoms with Gasteiger partial charge in [-0.3, -0.25) is 4.79 Å². The lowest BCUT2D eigenvalue weighted by Crippen LogP contribution is -2.16. The van der Waals surface area contributed by atoms with E-state index in [-0.39, 0.29) is 5.78 Å². The summed E-state index contributed by atoms with van der Waals surface area (Å²) in [6.07, 6.45) is 1.79. The number of aryl methyl sites for hydroxylation is 1. The molecule has 1 aliphatic carbocycles. The summed E-state index contributed by atoms with van der Waals surface area (Å²) in [7, 11) is 0. The molecule has 1 heterocycles. The number of fused-ring (bicyclic) bond motifs is 1. The van der Waals surface area contributed by atoms with Gasteiger partial charge in [-0.05, 0) is 18.9 Å². The fourth-order valence-electron chi connectivity index (χ4n) is 1.64. The van der Waals surface area contributed by atoms with E-state index < -0.39 is 0 Å². The first kappa shape index (κ1) is 8.63. The second kappa shape index (κ2) is 3.07. The van der Waals surface area contributed by atoms with E-state index in [9.17, 15) is 4.79 Å². The zero-order valence-electron chi connectivity index (χ0n) is 7.30. The van der Waals surface area contributed by atoms with Crippen LogP contribution in [0.5, 0.6) is 0 Å². The standard InChI is InChI=1S/C9H9ClN2O/c1-5-7-3-2-6(13)4-8(7)9(10)12-11-5/h2-4H2,1H3. The monoisotopic (exact) mass is 196 g/mol. The van der Waals surface area contributed by atoms with Gasteiger partial charge in [0.2, 0.25) is 0 Å². The van der Waals surface area contributed by atoms with E-state index in [0.29, 0.717) is 18.0 Å². The van der Waals surface area contributed by atoms with Crippen LogP contribution in [0, 0.1) is 6.92 Å². The number of rotatable bonds is 0. The third kappa shape index (κ3) is 1.44. The molecule has 0 N–H and O–H groups in total. The molecule has 0 saturated heterocycles. The molecule has 4 heteroatoms. The summed E-state index contributed by atoms with van der Waals surface area (Å²) in [6.45, 7) is 1.90. The molecule has 2 rings (SSSR count). The second-order valence-corrected chi connectivity index (χ2v) is 3.61. The SMILES string of the molecule is Cc1nnc(Cl)c2c1CCC(=O)C2. The highest BCUT2D eigenvalue weighted by Gasteiger charge is 2.21. The Balaban J connectivity index is 2.57. The van der Waals surface area contributed by atoms with Crippen molar-refractivity contribution in [1.82, 2.24) is 10.2 Å². The molecule has 0 saturated carbocycles. The van der Waals surface area contributed by atoms with Crippen LogP contribution in [0.4, 0.5) is 0 Å². The largest absolute Gasteiger partial charge is 0.299 e.